The van der Waals surface area contributed by atoms with Gasteiger partial charge in [-0.3, -0.25) is 0 Å². The van der Waals surface area contributed by atoms with Crippen LogP contribution in [-0.2, 0) is 6.54 Å². The van der Waals surface area contributed by atoms with Gasteiger partial charge in [-0.05, 0) is 48.7 Å². The van der Waals surface area contributed by atoms with Crippen LogP contribution in [0.25, 0.3) is 0 Å². The lowest BCUT2D eigenvalue weighted by Gasteiger charge is -2.38. The van der Waals surface area contributed by atoms with E-state index < -0.39 is 0 Å². The van der Waals surface area contributed by atoms with Gasteiger partial charge in [0.05, 0.1) is 0 Å². The number of aromatic nitrogens is 2. The third-order valence-electron chi connectivity index (χ3n) is 5.73. The van der Waals surface area contributed by atoms with Crippen molar-refractivity contribution in [2.45, 2.75) is 20.4 Å². The number of nitrogens with one attached hydrogen (secondary N) is 1. The molecule has 1 aliphatic heterocycles. The van der Waals surface area contributed by atoms with Gasteiger partial charge in [0.2, 0.25) is 0 Å². The molecule has 7 heteroatoms. The monoisotopic (exact) mass is 422 g/mol. The Morgan fingerprint density at radius 2 is 1.67 bits per heavy atom. The van der Waals surface area contributed by atoms with E-state index in [4.69, 9.17) is 17.3 Å². The van der Waals surface area contributed by atoms with E-state index in [1.807, 2.05) is 24.3 Å². The van der Waals surface area contributed by atoms with Gasteiger partial charge in [0.1, 0.15) is 12.0 Å². The van der Waals surface area contributed by atoms with E-state index >= 15 is 0 Å². The Hall–Kier alpha value is -2.99. The van der Waals surface area contributed by atoms with Gasteiger partial charge in [0.15, 0.2) is 11.6 Å². The van der Waals surface area contributed by atoms with Gasteiger partial charge in [-0.15, -0.1) is 0 Å². The van der Waals surface area contributed by atoms with Crippen LogP contribution in [0, 0.1) is 13.8 Å². The number of halogens is 1. The molecule has 30 heavy (non-hydrogen) atoms. The number of benzene rings is 2. The fourth-order valence-electron chi connectivity index (χ4n) is 3.80. The van der Waals surface area contributed by atoms with Crippen LogP contribution in [-0.4, -0.2) is 36.1 Å². The van der Waals surface area contributed by atoms with E-state index in [1.54, 1.807) is 6.33 Å². The number of hydrogen-bond acceptors (Lipinski definition) is 6. The molecular weight excluding hydrogens is 396 g/mol. The first-order chi connectivity index (χ1) is 14.5. The fourth-order valence-corrected chi connectivity index (χ4v) is 3.93. The Labute approximate surface area is 182 Å². The number of nitrogens with two attached hydrogens (primary N) is 1. The number of nitrogens with zero attached hydrogens (tertiary/aromatic N) is 4. The molecule has 3 N–H and O–H groups in total. The lowest BCUT2D eigenvalue weighted by Crippen LogP contribution is -2.47. The topological polar surface area (TPSA) is 70.3 Å². The molecule has 0 amide bonds. The number of aryl methyl sites for hydroxylation is 1. The van der Waals surface area contributed by atoms with E-state index in [1.165, 1.54) is 16.8 Å². The highest BCUT2D eigenvalue weighted by atomic mass is 35.5. The average molecular weight is 423 g/mol. The first-order valence-corrected chi connectivity index (χ1v) is 10.6. The van der Waals surface area contributed by atoms with Crippen molar-refractivity contribution in [3.05, 3.63) is 70.5 Å². The van der Waals surface area contributed by atoms with Crippen LogP contribution < -0.4 is 20.9 Å². The van der Waals surface area contributed by atoms with Crippen molar-refractivity contribution in [1.82, 2.24) is 9.97 Å². The zero-order chi connectivity index (χ0) is 21.1. The van der Waals surface area contributed by atoms with Crippen LogP contribution in [0.5, 0.6) is 0 Å². The molecule has 156 valence electrons. The molecule has 0 bridgehead atoms. The van der Waals surface area contributed by atoms with Crippen molar-refractivity contribution in [3.8, 4) is 0 Å². The normalized spacial score (nSPS) is 14.1. The minimum atomic E-state index is 0.589. The second kappa shape index (κ2) is 8.79. The zero-order valence-corrected chi connectivity index (χ0v) is 18.2. The van der Waals surface area contributed by atoms with Gasteiger partial charge in [0.25, 0.3) is 0 Å². The standard InChI is InChI=1S/C23H27ClN6/c1-16-4-3-5-20(17(16)2)29-10-12-30(13-11-29)23-21(25)22(27-15-28-23)26-14-18-6-8-19(24)9-7-18/h3-9,15H,10-14,25H2,1-2H3,(H,26,27,28). The number of anilines is 4. The quantitative estimate of drug-likeness (QED) is 0.640. The zero-order valence-electron chi connectivity index (χ0n) is 17.4. The number of rotatable bonds is 5. The summed E-state index contributed by atoms with van der Waals surface area (Å²) in [5, 5.41) is 4.04. The third-order valence-corrected chi connectivity index (χ3v) is 5.98. The Kier molecular flexibility index (Phi) is 5.95. The van der Waals surface area contributed by atoms with Crippen molar-refractivity contribution < 1.29 is 0 Å². The molecular formula is C23H27ClN6. The molecule has 1 saturated heterocycles. The molecule has 0 aliphatic carbocycles. The van der Waals surface area contributed by atoms with Gasteiger partial charge in [0, 0.05) is 43.4 Å². The van der Waals surface area contributed by atoms with E-state index in [0.717, 1.165) is 42.6 Å². The SMILES string of the molecule is Cc1cccc(N2CCN(c3ncnc(NCc4ccc(Cl)cc4)c3N)CC2)c1C. The van der Waals surface area contributed by atoms with E-state index in [0.29, 0.717) is 18.1 Å². The number of piperazine rings is 1. The molecule has 0 atom stereocenters. The van der Waals surface area contributed by atoms with Crippen LogP contribution in [0.1, 0.15) is 16.7 Å². The number of nitrogen functional groups attached to an aromatic ring is 1. The predicted molar refractivity (Wildman–Crippen MR) is 126 cm³/mol. The van der Waals surface area contributed by atoms with E-state index in [2.05, 4.69) is 57.1 Å². The van der Waals surface area contributed by atoms with Gasteiger partial charge in [-0.1, -0.05) is 35.9 Å². The molecule has 1 fully saturated rings. The van der Waals surface area contributed by atoms with Gasteiger partial charge < -0.3 is 20.9 Å². The summed E-state index contributed by atoms with van der Waals surface area (Å²) in [5.41, 5.74) is 12.1. The molecule has 0 radical (unpaired) electrons. The molecule has 0 unspecified atom stereocenters. The summed E-state index contributed by atoms with van der Waals surface area (Å²) in [5.74, 6) is 1.45. The lowest BCUT2D eigenvalue weighted by atomic mass is 10.1. The lowest BCUT2D eigenvalue weighted by molar-refractivity contribution is 0.646. The number of hydrogen-bond donors (Lipinski definition) is 2. The molecule has 4 rings (SSSR count). The van der Waals surface area contributed by atoms with Gasteiger partial charge in [-0.2, -0.15) is 0 Å². The highest BCUT2D eigenvalue weighted by Crippen LogP contribution is 2.29. The predicted octanol–water partition coefficient (Wildman–Crippen LogP) is 4.27. The molecule has 0 spiro atoms. The third kappa shape index (κ3) is 4.28. The summed E-state index contributed by atoms with van der Waals surface area (Å²) in [7, 11) is 0. The smallest absolute Gasteiger partial charge is 0.157 e. The largest absolute Gasteiger partial charge is 0.393 e. The Morgan fingerprint density at radius 3 is 2.40 bits per heavy atom. The molecule has 0 saturated carbocycles. The van der Waals surface area contributed by atoms with E-state index in [9.17, 15) is 0 Å². The summed E-state index contributed by atoms with van der Waals surface area (Å²) in [6, 6.07) is 14.2. The summed E-state index contributed by atoms with van der Waals surface area (Å²) in [4.78, 5) is 13.5. The molecule has 1 aromatic heterocycles. The Morgan fingerprint density at radius 1 is 0.967 bits per heavy atom. The highest BCUT2D eigenvalue weighted by Gasteiger charge is 2.22. The summed E-state index contributed by atoms with van der Waals surface area (Å²) in [6.07, 6.45) is 1.58. The Balaban J connectivity index is 1.43. The molecule has 1 aliphatic rings. The van der Waals surface area contributed by atoms with Crippen molar-refractivity contribution in [1.29, 1.82) is 0 Å². The highest BCUT2D eigenvalue weighted by molar-refractivity contribution is 6.30. The van der Waals surface area contributed by atoms with Crippen LogP contribution in [0.4, 0.5) is 23.0 Å². The fraction of sp³-hybridized carbons (Fsp3) is 0.304. The van der Waals surface area contributed by atoms with Crippen LogP contribution in [0.15, 0.2) is 48.8 Å². The van der Waals surface area contributed by atoms with Gasteiger partial charge in [-0.25, -0.2) is 9.97 Å². The minimum absolute atomic E-state index is 0.589. The average Bonchev–Trinajstić information content (AvgIpc) is 2.76. The molecule has 2 heterocycles. The van der Waals surface area contributed by atoms with Crippen molar-refractivity contribution >= 4 is 34.6 Å². The van der Waals surface area contributed by atoms with Crippen LogP contribution in [0.3, 0.4) is 0 Å². The minimum Gasteiger partial charge on any atom is -0.393 e. The molecule has 6 nitrogen and oxygen atoms in total. The first kappa shape index (κ1) is 20.3. The van der Waals surface area contributed by atoms with Crippen molar-refractivity contribution in [2.24, 2.45) is 0 Å². The first-order valence-electron chi connectivity index (χ1n) is 10.2. The van der Waals surface area contributed by atoms with E-state index in [-0.39, 0.29) is 0 Å². The van der Waals surface area contributed by atoms with Gasteiger partial charge >= 0.3 is 0 Å². The van der Waals surface area contributed by atoms with Crippen LogP contribution >= 0.6 is 11.6 Å². The maximum absolute atomic E-state index is 6.43. The molecule has 2 aromatic carbocycles. The maximum Gasteiger partial charge on any atom is 0.157 e. The second-order valence-electron chi connectivity index (χ2n) is 7.63. The maximum atomic E-state index is 6.43. The van der Waals surface area contributed by atoms with Crippen molar-refractivity contribution in [3.63, 3.8) is 0 Å². The Bertz CT molecular complexity index is 1010. The van der Waals surface area contributed by atoms with Crippen molar-refractivity contribution in [2.75, 3.05) is 47.0 Å². The summed E-state index contributed by atoms with van der Waals surface area (Å²) in [6.45, 7) is 8.57. The summed E-state index contributed by atoms with van der Waals surface area (Å²) >= 11 is 5.96. The van der Waals surface area contributed by atoms with Crippen LogP contribution in [0.2, 0.25) is 5.02 Å². The summed E-state index contributed by atoms with van der Waals surface area (Å²) < 4.78 is 0. The molecule has 3 aromatic rings. The second-order valence-corrected chi connectivity index (χ2v) is 8.07.